The van der Waals surface area contributed by atoms with E-state index in [2.05, 4.69) is 12.1 Å². The SMILES string of the molecule is CCOc1cccc(C(=O)N2CCC3(CC2)O[C@@H]2CC[C@@H](c4ccccc4)N2C3=O)c1. The molecular weight excluding hydrogens is 392 g/mol. The second-order valence-electron chi connectivity index (χ2n) is 8.54. The lowest BCUT2D eigenvalue weighted by Crippen LogP contribution is -2.51. The van der Waals surface area contributed by atoms with E-state index in [4.69, 9.17) is 9.47 Å². The van der Waals surface area contributed by atoms with Gasteiger partial charge in [-0.15, -0.1) is 0 Å². The normalized spacial score (nSPS) is 24.5. The van der Waals surface area contributed by atoms with Crippen LogP contribution < -0.4 is 4.74 Å². The van der Waals surface area contributed by atoms with E-state index in [1.807, 2.05) is 53.1 Å². The number of nitrogens with zero attached hydrogens (tertiary/aromatic N) is 2. The van der Waals surface area contributed by atoms with Crippen molar-refractivity contribution in [3.05, 3.63) is 65.7 Å². The number of hydrogen-bond acceptors (Lipinski definition) is 4. The van der Waals surface area contributed by atoms with Gasteiger partial charge in [-0.3, -0.25) is 9.59 Å². The molecule has 0 aromatic heterocycles. The number of fused-ring (bicyclic) bond motifs is 1. The average molecular weight is 421 g/mol. The molecule has 0 saturated carbocycles. The van der Waals surface area contributed by atoms with Crippen molar-refractivity contribution in [3.63, 3.8) is 0 Å². The van der Waals surface area contributed by atoms with E-state index in [9.17, 15) is 9.59 Å². The van der Waals surface area contributed by atoms with E-state index in [1.165, 1.54) is 5.56 Å². The Morgan fingerprint density at radius 2 is 1.87 bits per heavy atom. The Morgan fingerprint density at radius 3 is 2.61 bits per heavy atom. The first kappa shape index (κ1) is 20.1. The number of hydrogen-bond donors (Lipinski definition) is 0. The Balaban J connectivity index is 1.28. The molecule has 3 fully saturated rings. The summed E-state index contributed by atoms with van der Waals surface area (Å²) in [4.78, 5) is 30.3. The third-order valence-corrected chi connectivity index (χ3v) is 6.75. The first-order valence-corrected chi connectivity index (χ1v) is 11.2. The number of carbonyl (C=O) groups excluding carboxylic acids is 2. The van der Waals surface area contributed by atoms with E-state index in [-0.39, 0.29) is 24.1 Å². The van der Waals surface area contributed by atoms with Crippen LogP contribution >= 0.6 is 0 Å². The van der Waals surface area contributed by atoms with Gasteiger partial charge >= 0.3 is 0 Å². The molecule has 6 heteroatoms. The highest BCUT2D eigenvalue weighted by molar-refractivity contribution is 5.95. The van der Waals surface area contributed by atoms with Crippen LogP contribution in [0.2, 0.25) is 0 Å². The Labute approximate surface area is 182 Å². The third-order valence-electron chi connectivity index (χ3n) is 6.75. The van der Waals surface area contributed by atoms with E-state index >= 15 is 0 Å². The van der Waals surface area contributed by atoms with Gasteiger partial charge < -0.3 is 19.3 Å². The summed E-state index contributed by atoms with van der Waals surface area (Å²) < 4.78 is 11.9. The number of likely N-dealkylation sites (tertiary alicyclic amines) is 1. The fraction of sp³-hybridized carbons (Fsp3) is 0.440. The fourth-order valence-corrected chi connectivity index (χ4v) is 5.19. The molecule has 3 aliphatic rings. The monoisotopic (exact) mass is 420 g/mol. The Morgan fingerprint density at radius 1 is 1.10 bits per heavy atom. The van der Waals surface area contributed by atoms with Crippen LogP contribution in [0, 0.1) is 0 Å². The van der Waals surface area contributed by atoms with Crippen LogP contribution in [0.1, 0.15) is 54.6 Å². The number of rotatable bonds is 4. The lowest BCUT2D eigenvalue weighted by molar-refractivity contribution is -0.142. The van der Waals surface area contributed by atoms with Crippen molar-refractivity contribution in [2.75, 3.05) is 19.7 Å². The molecule has 2 atom stereocenters. The largest absolute Gasteiger partial charge is 0.494 e. The minimum absolute atomic E-state index is 0.0236. The van der Waals surface area contributed by atoms with Crippen LogP contribution in [-0.2, 0) is 9.53 Å². The minimum atomic E-state index is -0.790. The second-order valence-corrected chi connectivity index (χ2v) is 8.54. The van der Waals surface area contributed by atoms with Gasteiger partial charge in [-0.1, -0.05) is 36.4 Å². The predicted octanol–water partition coefficient (Wildman–Crippen LogP) is 3.78. The summed E-state index contributed by atoms with van der Waals surface area (Å²) in [5.41, 5.74) is 0.994. The molecule has 2 aromatic rings. The van der Waals surface area contributed by atoms with Gasteiger partial charge in [0.05, 0.1) is 12.6 Å². The maximum atomic E-state index is 13.5. The summed E-state index contributed by atoms with van der Waals surface area (Å²) in [6.45, 7) is 3.51. The van der Waals surface area contributed by atoms with Gasteiger partial charge in [0.2, 0.25) is 0 Å². The van der Waals surface area contributed by atoms with Crippen LogP contribution in [0.25, 0.3) is 0 Å². The maximum absolute atomic E-state index is 13.5. The molecule has 31 heavy (non-hydrogen) atoms. The molecule has 0 aliphatic carbocycles. The molecule has 3 aliphatic heterocycles. The second kappa shape index (κ2) is 8.00. The van der Waals surface area contributed by atoms with Crippen LogP contribution in [0.4, 0.5) is 0 Å². The molecule has 0 unspecified atom stereocenters. The summed E-state index contributed by atoms with van der Waals surface area (Å²) in [5.74, 6) is 0.766. The summed E-state index contributed by atoms with van der Waals surface area (Å²) in [5, 5.41) is 0. The van der Waals surface area contributed by atoms with E-state index in [1.54, 1.807) is 6.07 Å². The lowest BCUT2D eigenvalue weighted by Gasteiger charge is -2.37. The zero-order chi connectivity index (χ0) is 21.4. The predicted molar refractivity (Wildman–Crippen MR) is 116 cm³/mol. The molecule has 6 nitrogen and oxygen atoms in total. The Bertz CT molecular complexity index is 968. The molecule has 2 amide bonds. The standard InChI is InChI=1S/C25H28N2O4/c1-2-30-20-10-6-9-19(17-20)23(28)26-15-13-25(14-16-26)24(29)27-21(11-12-22(27)31-25)18-7-4-3-5-8-18/h3-10,17,21-22H,2,11-16H2,1H3/t21-,22+/m0/s1. The molecule has 3 heterocycles. The van der Waals surface area contributed by atoms with Crippen molar-refractivity contribution in [3.8, 4) is 5.75 Å². The lowest BCUT2D eigenvalue weighted by atomic mass is 9.89. The number of ether oxygens (including phenoxy) is 2. The highest BCUT2D eigenvalue weighted by Gasteiger charge is 2.58. The van der Waals surface area contributed by atoms with Gasteiger partial charge in [0, 0.05) is 31.5 Å². The molecule has 1 spiro atoms. The number of piperidine rings is 1. The molecular formula is C25H28N2O4. The smallest absolute Gasteiger partial charge is 0.257 e. The van der Waals surface area contributed by atoms with Gasteiger partial charge in [-0.25, -0.2) is 0 Å². The van der Waals surface area contributed by atoms with Crippen molar-refractivity contribution in [1.29, 1.82) is 0 Å². The zero-order valence-electron chi connectivity index (χ0n) is 17.8. The van der Waals surface area contributed by atoms with Crippen molar-refractivity contribution < 1.29 is 19.1 Å². The molecule has 3 saturated heterocycles. The maximum Gasteiger partial charge on any atom is 0.257 e. The van der Waals surface area contributed by atoms with Gasteiger partial charge in [0.15, 0.2) is 5.60 Å². The molecule has 0 radical (unpaired) electrons. The Kier molecular flexibility index (Phi) is 5.18. The number of amides is 2. The quantitative estimate of drug-likeness (QED) is 0.755. The van der Waals surface area contributed by atoms with Gasteiger partial charge in [0.1, 0.15) is 12.0 Å². The first-order valence-electron chi connectivity index (χ1n) is 11.2. The highest BCUT2D eigenvalue weighted by Crippen LogP contribution is 2.47. The fourth-order valence-electron chi connectivity index (χ4n) is 5.19. The average Bonchev–Trinajstić information content (AvgIpc) is 3.33. The molecule has 162 valence electrons. The molecule has 0 N–H and O–H groups in total. The van der Waals surface area contributed by atoms with E-state index in [0.717, 1.165) is 12.8 Å². The highest BCUT2D eigenvalue weighted by atomic mass is 16.6. The zero-order valence-corrected chi connectivity index (χ0v) is 17.8. The van der Waals surface area contributed by atoms with E-state index < -0.39 is 5.60 Å². The van der Waals surface area contributed by atoms with Crippen LogP contribution in [0.15, 0.2) is 54.6 Å². The van der Waals surface area contributed by atoms with Crippen molar-refractivity contribution in [1.82, 2.24) is 9.80 Å². The number of carbonyl (C=O) groups is 2. The van der Waals surface area contributed by atoms with Gasteiger partial charge in [-0.2, -0.15) is 0 Å². The summed E-state index contributed by atoms with van der Waals surface area (Å²) in [6.07, 6.45) is 2.72. The summed E-state index contributed by atoms with van der Waals surface area (Å²) in [7, 11) is 0. The molecule has 5 rings (SSSR count). The summed E-state index contributed by atoms with van der Waals surface area (Å²) >= 11 is 0. The van der Waals surface area contributed by atoms with Crippen LogP contribution in [0.3, 0.4) is 0 Å². The van der Waals surface area contributed by atoms with Crippen molar-refractivity contribution >= 4 is 11.8 Å². The summed E-state index contributed by atoms with van der Waals surface area (Å²) in [6, 6.07) is 17.6. The van der Waals surface area contributed by atoms with Gasteiger partial charge in [-0.05, 0) is 43.5 Å². The number of benzene rings is 2. The van der Waals surface area contributed by atoms with Crippen LogP contribution in [-0.4, -0.2) is 53.1 Å². The molecule has 2 aromatic carbocycles. The topological polar surface area (TPSA) is 59.1 Å². The molecule has 0 bridgehead atoms. The minimum Gasteiger partial charge on any atom is -0.494 e. The Hall–Kier alpha value is -2.86. The first-order chi connectivity index (χ1) is 15.1. The van der Waals surface area contributed by atoms with Gasteiger partial charge in [0.25, 0.3) is 11.8 Å². The van der Waals surface area contributed by atoms with E-state index in [0.29, 0.717) is 43.9 Å². The third kappa shape index (κ3) is 3.49. The van der Waals surface area contributed by atoms with Crippen molar-refractivity contribution in [2.24, 2.45) is 0 Å². The van der Waals surface area contributed by atoms with Crippen molar-refractivity contribution in [2.45, 2.75) is 50.5 Å². The van der Waals surface area contributed by atoms with Crippen LogP contribution in [0.5, 0.6) is 5.75 Å².